The Morgan fingerprint density at radius 3 is 1.85 bits per heavy atom. The van der Waals surface area contributed by atoms with Gasteiger partial charge in [0.1, 0.15) is 31.4 Å². The van der Waals surface area contributed by atoms with E-state index in [-0.39, 0.29) is 55.4 Å². The molecule has 12 nitrogen and oxygen atoms in total. The number of allylic oxidation sites excluding steroid dienone is 1. The van der Waals surface area contributed by atoms with Crippen molar-refractivity contribution in [1.29, 1.82) is 0 Å². The second kappa shape index (κ2) is 15.2. The molecule has 0 saturated heterocycles. The molecule has 0 radical (unpaired) electrons. The topological polar surface area (TPSA) is 148 Å². The second-order valence-corrected chi connectivity index (χ2v) is 20.8. The van der Waals surface area contributed by atoms with Gasteiger partial charge in [0.05, 0.1) is 28.9 Å². The molecule has 0 spiro atoms. The van der Waals surface area contributed by atoms with Gasteiger partial charge < -0.3 is 9.47 Å². The highest BCUT2D eigenvalue weighted by atomic mass is 16.5. The summed E-state index contributed by atoms with van der Waals surface area (Å²) in [6.45, 7) is 19.4. The van der Waals surface area contributed by atoms with Gasteiger partial charge >= 0.3 is 11.9 Å². The number of aromatic nitrogens is 6. The fourth-order valence-corrected chi connectivity index (χ4v) is 14.8. The predicted octanol–water partition coefficient (Wildman–Crippen LogP) is 9.29. The number of benzene rings is 2. The van der Waals surface area contributed by atoms with Crippen LogP contribution in [0.2, 0.25) is 0 Å². The predicted molar refractivity (Wildman–Crippen MR) is 231 cm³/mol. The number of carbonyl (C=O) groups excluding carboxylic acids is 4. The van der Waals surface area contributed by atoms with Crippen molar-refractivity contribution < 1.29 is 28.7 Å². The molecular weight excluding hydrogens is 781 g/mol. The molecule has 326 valence electrons. The summed E-state index contributed by atoms with van der Waals surface area (Å²) in [5.41, 5.74) is 1.96. The molecule has 4 aromatic rings. The van der Waals surface area contributed by atoms with Crippen molar-refractivity contribution in [3.05, 3.63) is 108 Å². The third kappa shape index (κ3) is 6.35. The van der Waals surface area contributed by atoms with E-state index in [1.54, 1.807) is 48.5 Å². The SMILES string of the molecule is C=C(C)[C@@H]1CC[C@]2(COC(=O)c3ccccc3C(=O)n3cncn3)CC[C@]3(C)[C@H](CCC4[C@@]5(C)CC[C@H](OC(=O)c6ccccc6C(=O)n6cncn6)C(C)(C)C5CC[C@]43C)C12. The Kier molecular flexibility index (Phi) is 10.3. The second-order valence-electron chi connectivity index (χ2n) is 20.8. The highest BCUT2D eigenvalue weighted by Crippen LogP contribution is 2.77. The number of fused-ring (bicyclic) bond motifs is 7. The lowest BCUT2D eigenvalue weighted by Gasteiger charge is -2.73. The third-order valence-electron chi connectivity index (χ3n) is 17.9. The maximum absolute atomic E-state index is 14.0. The van der Waals surface area contributed by atoms with Crippen molar-refractivity contribution in [1.82, 2.24) is 29.5 Å². The first-order valence-corrected chi connectivity index (χ1v) is 22.6. The van der Waals surface area contributed by atoms with Crippen molar-refractivity contribution in [2.24, 2.45) is 56.7 Å². The summed E-state index contributed by atoms with van der Waals surface area (Å²) in [5, 5.41) is 7.99. The minimum Gasteiger partial charge on any atom is -0.461 e. The zero-order valence-electron chi connectivity index (χ0n) is 37.0. The number of hydrogen-bond donors (Lipinski definition) is 0. The molecule has 9 rings (SSSR count). The van der Waals surface area contributed by atoms with Crippen LogP contribution >= 0.6 is 0 Å². The van der Waals surface area contributed by atoms with Crippen molar-refractivity contribution in [3.63, 3.8) is 0 Å². The van der Waals surface area contributed by atoms with Crippen molar-refractivity contribution in [3.8, 4) is 0 Å². The van der Waals surface area contributed by atoms with Crippen LogP contribution in [-0.2, 0) is 9.47 Å². The van der Waals surface area contributed by atoms with Crippen molar-refractivity contribution >= 4 is 23.8 Å². The summed E-state index contributed by atoms with van der Waals surface area (Å²) >= 11 is 0. The van der Waals surface area contributed by atoms with E-state index in [9.17, 15) is 19.2 Å². The fraction of sp³-hybridized carbons (Fsp3) is 0.560. The van der Waals surface area contributed by atoms with Gasteiger partial charge in [0.15, 0.2) is 0 Å². The smallest absolute Gasteiger partial charge is 0.339 e. The normalized spacial score (nSPS) is 34.4. The first-order valence-electron chi connectivity index (χ1n) is 22.6. The van der Waals surface area contributed by atoms with Crippen LogP contribution in [0.5, 0.6) is 0 Å². The first kappa shape index (κ1) is 42.1. The maximum Gasteiger partial charge on any atom is 0.339 e. The first-order chi connectivity index (χ1) is 29.6. The van der Waals surface area contributed by atoms with Gasteiger partial charge in [-0.15, -0.1) is 0 Å². The van der Waals surface area contributed by atoms with Gasteiger partial charge in [-0.25, -0.2) is 19.6 Å². The largest absolute Gasteiger partial charge is 0.461 e. The molecule has 2 aromatic carbocycles. The molecule has 62 heavy (non-hydrogen) atoms. The van der Waals surface area contributed by atoms with Gasteiger partial charge in [-0.05, 0) is 141 Å². The molecule has 5 aliphatic carbocycles. The van der Waals surface area contributed by atoms with E-state index < -0.39 is 23.8 Å². The quantitative estimate of drug-likeness (QED) is 0.124. The van der Waals surface area contributed by atoms with Crippen LogP contribution < -0.4 is 0 Å². The molecule has 12 heteroatoms. The highest BCUT2D eigenvalue weighted by molar-refractivity contribution is 6.06. The monoisotopic (exact) mass is 840 g/mol. The van der Waals surface area contributed by atoms with Crippen LogP contribution in [0, 0.1) is 56.7 Å². The molecule has 10 atom stereocenters. The Balaban J connectivity index is 0.944. The fourth-order valence-electron chi connectivity index (χ4n) is 14.8. The Morgan fingerprint density at radius 1 is 0.677 bits per heavy atom. The zero-order chi connectivity index (χ0) is 43.8. The summed E-state index contributed by atoms with van der Waals surface area (Å²) in [4.78, 5) is 62.3. The minimum atomic E-state index is -0.482. The molecule has 2 aromatic heterocycles. The molecule has 3 unspecified atom stereocenters. The summed E-state index contributed by atoms with van der Waals surface area (Å²) in [5.74, 6) is 0.191. The Labute approximate surface area is 364 Å². The molecule has 0 N–H and O–H groups in total. The maximum atomic E-state index is 14.0. The number of esters is 2. The average Bonchev–Trinajstić information content (AvgIpc) is 4.07. The molecule has 5 aliphatic rings. The Morgan fingerprint density at radius 2 is 1.27 bits per heavy atom. The van der Waals surface area contributed by atoms with Crippen LogP contribution in [0.3, 0.4) is 0 Å². The molecule has 0 aliphatic heterocycles. The molecule has 2 heterocycles. The average molecular weight is 841 g/mol. The number of carbonyl (C=O) groups is 4. The number of hydrogen-bond acceptors (Lipinski definition) is 10. The number of rotatable bonds is 8. The van der Waals surface area contributed by atoms with E-state index in [0.29, 0.717) is 36.2 Å². The van der Waals surface area contributed by atoms with Gasteiger partial charge in [0.25, 0.3) is 11.8 Å². The van der Waals surface area contributed by atoms with Crippen molar-refractivity contribution in [2.75, 3.05) is 6.61 Å². The van der Waals surface area contributed by atoms with E-state index in [1.807, 2.05) is 0 Å². The number of ether oxygens (including phenoxy) is 2. The Hall–Kier alpha value is -5.26. The zero-order valence-corrected chi connectivity index (χ0v) is 37.0. The van der Waals surface area contributed by atoms with Gasteiger partial charge in [0.2, 0.25) is 0 Å². The molecule has 5 fully saturated rings. The lowest BCUT2D eigenvalue weighted by Crippen LogP contribution is -2.67. The summed E-state index contributed by atoms with van der Waals surface area (Å²) in [6, 6.07) is 13.6. The Bertz CT molecular complexity index is 2410. The highest BCUT2D eigenvalue weighted by Gasteiger charge is 2.71. The van der Waals surface area contributed by atoms with Crippen LogP contribution in [0.4, 0.5) is 0 Å². The van der Waals surface area contributed by atoms with Crippen LogP contribution in [0.25, 0.3) is 0 Å². The van der Waals surface area contributed by atoms with E-state index >= 15 is 0 Å². The molecule has 0 bridgehead atoms. The summed E-state index contributed by atoms with van der Waals surface area (Å²) in [7, 11) is 0. The summed E-state index contributed by atoms with van der Waals surface area (Å²) < 4.78 is 15.1. The molecular formula is C50H60N6O6. The van der Waals surface area contributed by atoms with E-state index in [2.05, 4.69) is 68.3 Å². The van der Waals surface area contributed by atoms with Crippen LogP contribution in [-0.4, -0.2) is 66.0 Å². The standard InChI is InChI=1S/C50H60N6O6/c1-31(2)32-18-23-50(26-61-44(59)35-14-10-8-12-33(35)42(57)55-29-51-27-53-55)25-24-48(6)37(41(32)50)16-17-39-47(5)21-20-40(46(3,4)38(47)19-22-49(39,48)7)62-45(60)36-15-11-9-13-34(36)43(58)56-30-52-28-54-56/h8-15,27-30,32,37-41H,1,16-26H2,2-7H3/t32-,37+,38?,39?,40-,41?,47-,48+,49+,50+/m0/s1. The van der Waals surface area contributed by atoms with Crippen molar-refractivity contribution in [2.45, 2.75) is 112 Å². The summed E-state index contributed by atoms with van der Waals surface area (Å²) in [6.07, 6.45) is 15.2. The third-order valence-corrected chi connectivity index (χ3v) is 17.9. The minimum absolute atomic E-state index is 0.0545. The van der Waals surface area contributed by atoms with Gasteiger partial charge in [0, 0.05) is 10.8 Å². The van der Waals surface area contributed by atoms with Crippen LogP contribution in [0.15, 0.2) is 86.0 Å². The molecule has 5 saturated carbocycles. The van der Waals surface area contributed by atoms with Gasteiger partial charge in [-0.3, -0.25) is 9.59 Å². The van der Waals surface area contributed by atoms with Gasteiger partial charge in [-0.2, -0.15) is 19.6 Å². The lowest BCUT2D eigenvalue weighted by atomic mass is 9.32. The number of nitrogens with zero attached hydrogens (tertiary/aromatic N) is 6. The van der Waals surface area contributed by atoms with Gasteiger partial charge in [-0.1, -0.05) is 71.0 Å². The van der Waals surface area contributed by atoms with E-state index in [0.717, 1.165) is 73.6 Å². The van der Waals surface area contributed by atoms with Crippen LogP contribution in [0.1, 0.15) is 147 Å². The van der Waals surface area contributed by atoms with E-state index in [1.165, 1.54) is 30.9 Å². The molecule has 0 amide bonds. The lowest BCUT2D eigenvalue weighted by molar-refractivity contribution is -0.249. The van der Waals surface area contributed by atoms with E-state index in [4.69, 9.17) is 9.47 Å².